The first-order valence-electron chi connectivity index (χ1n) is 12.6. The topological polar surface area (TPSA) is 128 Å². The summed E-state index contributed by atoms with van der Waals surface area (Å²) in [5, 5.41) is 13.6. The maximum atomic E-state index is 12.1. The highest BCUT2D eigenvalue weighted by atomic mass is 16.5. The van der Waals surface area contributed by atoms with Crippen LogP contribution in [-0.4, -0.2) is 52.4 Å². The number of anilines is 1. The number of allylic oxidation sites excluding steroid dienone is 2. The lowest BCUT2D eigenvalue weighted by atomic mass is 9.66. The average Bonchev–Trinajstić information content (AvgIpc) is 3.38. The molecule has 35 heavy (non-hydrogen) atoms. The van der Waals surface area contributed by atoms with Crippen LogP contribution in [0.3, 0.4) is 0 Å². The van der Waals surface area contributed by atoms with E-state index in [9.17, 15) is 9.90 Å². The number of primary amides is 1. The highest BCUT2D eigenvalue weighted by molar-refractivity contribution is 5.83. The molecule has 2 atom stereocenters. The van der Waals surface area contributed by atoms with Gasteiger partial charge in [-0.25, -0.2) is 0 Å². The number of carbonyl (C=O) groups is 1. The number of ether oxygens (including phenoxy) is 1. The molecule has 2 aromatic rings. The summed E-state index contributed by atoms with van der Waals surface area (Å²) in [6.45, 7) is 8.34. The number of carbonyl (C=O) groups excluding carboxylic acids is 1. The lowest BCUT2D eigenvalue weighted by molar-refractivity contribution is -0.132. The van der Waals surface area contributed by atoms with Crippen molar-refractivity contribution in [3.63, 3.8) is 0 Å². The summed E-state index contributed by atoms with van der Waals surface area (Å²) in [5.41, 5.74) is 7.01. The van der Waals surface area contributed by atoms with Gasteiger partial charge in [-0.2, -0.15) is 4.98 Å². The molecule has 9 heteroatoms. The smallest absolute Gasteiger partial charge is 0.324 e. The van der Waals surface area contributed by atoms with Gasteiger partial charge in [0.25, 0.3) is 0 Å². The van der Waals surface area contributed by atoms with Crippen molar-refractivity contribution in [3.05, 3.63) is 35.9 Å². The van der Waals surface area contributed by atoms with Crippen molar-refractivity contribution in [2.45, 2.75) is 58.8 Å². The lowest BCUT2D eigenvalue weighted by Crippen LogP contribution is -2.44. The van der Waals surface area contributed by atoms with Crippen molar-refractivity contribution < 1.29 is 19.2 Å². The highest BCUT2D eigenvalue weighted by Gasteiger charge is 2.42. The standard InChI is InChI=1S/C26H37N5O4/c1-17(2)23-29-25(35-30-23)31-12-8-19(9-13-31)16-34-21-4-5-22(28-14-21)20-6-10-26(11-7-20,24(27)33)18(3)15-32/h4-6,14,17-19,32H,7-13,15-16H2,1-3H3,(H2,27,33)/t18-,26?/m1/s1. The zero-order valence-corrected chi connectivity index (χ0v) is 20.9. The molecule has 4 rings (SSSR count). The molecule has 0 radical (unpaired) electrons. The number of aliphatic hydroxyl groups excluding tert-OH is 1. The van der Waals surface area contributed by atoms with Gasteiger partial charge in [-0.1, -0.05) is 32.0 Å². The van der Waals surface area contributed by atoms with E-state index in [1.54, 1.807) is 6.20 Å². The molecule has 190 valence electrons. The van der Waals surface area contributed by atoms with Gasteiger partial charge in [-0.05, 0) is 61.6 Å². The van der Waals surface area contributed by atoms with Gasteiger partial charge in [0.2, 0.25) is 5.91 Å². The van der Waals surface area contributed by atoms with E-state index in [1.165, 1.54) is 0 Å². The summed E-state index contributed by atoms with van der Waals surface area (Å²) in [7, 11) is 0. The minimum atomic E-state index is -0.683. The fourth-order valence-corrected chi connectivity index (χ4v) is 4.94. The van der Waals surface area contributed by atoms with Crippen LogP contribution in [0.4, 0.5) is 6.01 Å². The molecule has 0 aromatic carbocycles. The predicted molar refractivity (Wildman–Crippen MR) is 133 cm³/mol. The molecule has 0 bridgehead atoms. The number of pyridine rings is 1. The number of piperidine rings is 1. The first-order valence-corrected chi connectivity index (χ1v) is 12.6. The monoisotopic (exact) mass is 483 g/mol. The number of amides is 1. The number of aliphatic hydroxyl groups is 1. The van der Waals surface area contributed by atoms with E-state index in [1.807, 2.05) is 25.1 Å². The highest BCUT2D eigenvalue weighted by Crippen LogP contribution is 2.43. The summed E-state index contributed by atoms with van der Waals surface area (Å²) in [6, 6.07) is 4.54. The molecule has 0 spiro atoms. The van der Waals surface area contributed by atoms with Gasteiger partial charge in [-0.3, -0.25) is 9.78 Å². The Morgan fingerprint density at radius 1 is 1.31 bits per heavy atom. The molecule has 9 nitrogen and oxygen atoms in total. The number of aromatic nitrogens is 3. The summed E-state index contributed by atoms with van der Waals surface area (Å²) < 4.78 is 11.5. The first-order chi connectivity index (χ1) is 16.8. The minimum Gasteiger partial charge on any atom is -0.492 e. The van der Waals surface area contributed by atoms with Crippen LogP contribution < -0.4 is 15.4 Å². The molecule has 1 aliphatic heterocycles. The van der Waals surface area contributed by atoms with Crippen LogP contribution in [0.2, 0.25) is 0 Å². The molecule has 3 heterocycles. The van der Waals surface area contributed by atoms with Gasteiger partial charge in [0, 0.05) is 25.6 Å². The van der Waals surface area contributed by atoms with E-state index in [2.05, 4.69) is 33.9 Å². The van der Waals surface area contributed by atoms with Crippen molar-refractivity contribution >= 4 is 17.5 Å². The Morgan fingerprint density at radius 3 is 2.63 bits per heavy atom. The van der Waals surface area contributed by atoms with Crippen LogP contribution in [0.25, 0.3) is 5.57 Å². The van der Waals surface area contributed by atoms with Crippen LogP contribution >= 0.6 is 0 Å². The van der Waals surface area contributed by atoms with Crippen molar-refractivity contribution in [1.29, 1.82) is 0 Å². The largest absolute Gasteiger partial charge is 0.492 e. The SMILES string of the molecule is CC(C)c1noc(N2CCC(COc3ccc(C4=CCC(C(N)=O)([C@H](C)CO)CC4)nc3)CC2)n1. The molecule has 1 fully saturated rings. The Kier molecular flexibility index (Phi) is 7.74. The quantitative estimate of drug-likeness (QED) is 0.554. The lowest BCUT2D eigenvalue weighted by Gasteiger charge is -2.37. The summed E-state index contributed by atoms with van der Waals surface area (Å²) >= 11 is 0. The van der Waals surface area contributed by atoms with Gasteiger partial charge < -0.3 is 25.0 Å². The third-order valence-corrected chi connectivity index (χ3v) is 7.64. The second-order valence-electron chi connectivity index (χ2n) is 10.2. The molecule has 2 aliphatic rings. The van der Waals surface area contributed by atoms with E-state index in [0.717, 1.165) is 48.8 Å². The molecule has 1 unspecified atom stereocenters. The Morgan fingerprint density at radius 2 is 2.09 bits per heavy atom. The summed E-state index contributed by atoms with van der Waals surface area (Å²) in [4.78, 5) is 23.4. The van der Waals surface area contributed by atoms with Gasteiger partial charge >= 0.3 is 6.01 Å². The van der Waals surface area contributed by atoms with Gasteiger partial charge in [0.1, 0.15) is 5.75 Å². The molecule has 2 aromatic heterocycles. The number of nitrogens with zero attached hydrogens (tertiary/aromatic N) is 4. The molecular formula is C26H37N5O4. The van der Waals surface area contributed by atoms with Gasteiger partial charge in [0.05, 0.1) is 23.9 Å². The number of nitrogens with two attached hydrogens (primary N) is 1. The van der Waals surface area contributed by atoms with E-state index in [-0.39, 0.29) is 24.3 Å². The van der Waals surface area contributed by atoms with Crippen molar-refractivity contribution in [2.75, 3.05) is 31.2 Å². The molecule has 0 saturated carbocycles. The van der Waals surface area contributed by atoms with Crippen molar-refractivity contribution in [1.82, 2.24) is 15.1 Å². The van der Waals surface area contributed by atoms with E-state index >= 15 is 0 Å². The Hall–Kier alpha value is -2.94. The number of hydrogen-bond donors (Lipinski definition) is 2. The fraction of sp³-hybridized carbons (Fsp3) is 0.615. The number of hydrogen-bond acceptors (Lipinski definition) is 8. The van der Waals surface area contributed by atoms with Crippen LogP contribution in [0.5, 0.6) is 5.75 Å². The molecule has 1 aliphatic carbocycles. The maximum absolute atomic E-state index is 12.1. The van der Waals surface area contributed by atoms with Crippen molar-refractivity contribution in [2.24, 2.45) is 23.0 Å². The average molecular weight is 484 g/mol. The Labute approximate surface area is 206 Å². The summed E-state index contributed by atoms with van der Waals surface area (Å²) in [6.07, 6.45) is 7.68. The molecule has 1 saturated heterocycles. The maximum Gasteiger partial charge on any atom is 0.324 e. The summed E-state index contributed by atoms with van der Waals surface area (Å²) in [5.74, 6) is 1.72. The van der Waals surface area contributed by atoms with Gasteiger partial charge in [-0.15, -0.1) is 0 Å². The normalized spacial score (nSPS) is 22.2. The zero-order valence-electron chi connectivity index (χ0n) is 20.9. The fourth-order valence-electron chi connectivity index (χ4n) is 4.94. The van der Waals surface area contributed by atoms with E-state index < -0.39 is 5.41 Å². The van der Waals surface area contributed by atoms with Gasteiger partial charge in [0.15, 0.2) is 5.82 Å². The van der Waals surface area contributed by atoms with E-state index in [0.29, 0.717) is 37.8 Å². The second kappa shape index (κ2) is 10.8. The van der Waals surface area contributed by atoms with Crippen LogP contribution in [0.1, 0.15) is 70.3 Å². The molecule has 3 N–H and O–H groups in total. The Bertz CT molecular complexity index is 1030. The van der Waals surface area contributed by atoms with E-state index in [4.69, 9.17) is 15.0 Å². The minimum absolute atomic E-state index is 0.0502. The third kappa shape index (κ3) is 5.50. The number of rotatable bonds is 9. The Balaban J connectivity index is 1.27. The molecular weight excluding hydrogens is 446 g/mol. The van der Waals surface area contributed by atoms with Crippen LogP contribution in [0.15, 0.2) is 28.9 Å². The van der Waals surface area contributed by atoms with Crippen LogP contribution in [-0.2, 0) is 4.79 Å². The predicted octanol–water partition coefficient (Wildman–Crippen LogP) is 3.55. The second-order valence-corrected chi connectivity index (χ2v) is 10.2. The zero-order chi connectivity index (χ0) is 25.0. The molecule has 1 amide bonds. The first kappa shape index (κ1) is 25.2. The van der Waals surface area contributed by atoms with Crippen LogP contribution in [0, 0.1) is 17.3 Å². The third-order valence-electron chi connectivity index (χ3n) is 7.64. The van der Waals surface area contributed by atoms with Crippen molar-refractivity contribution in [3.8, 4) is 5.75 Å².